The largest absolute Gasteiger partial charge is 0.468 e. The number of methoxy groups -OCH3 is 1. The first-order chi connectivity index (χ1) is 9.31. The maximum atomic E-state index is 12.0. The predicted molar refractivity (Wildman–Crippen MR) is 79.7 cm³/mol. The van der Waals surface area contributed by atoms with Gasteiger partial charge in [0.25, 0.3) is 11.6 Å². The molecule has 0 spiro atoms. The van der Waals surface area contributed by atoms with Gasteiger partial charge in [-0.1, -0.05) is 20.8 Å². The van der Waals surface area contributed by atoms with Crippen LogP contribution < -0.4 is 10.3 Å². The summed E-state index contributed by atoms with van der Waals surface area (Å²) < 4.78 is 6.68. The molecule has 0 saturated carbocycles. The summed E-state index contributed by atoms with van der Waals surface area (Å²) in [5, 5.41) is 2.91. The Morgan fingerprint density at radius 2 is 2.05 bits per heavy atom. The van der Waals surface area contributed by atoms with E-state index < -0.39 is 0 Å². The molecule has 6 heteroatoms. The molecule has 0 aromatic carbocycles. The highest BCUT2D eigenvalue weighted by Gasteiger charge is 2.18. The van der Waals surface area contributed by atoms with Crippen molar-refractivity contribution >= 4 is 11.3 Å². The Hall–Kier alpha value is -1.69. The molecule has 20 heavy (non-hydrogen) atoms. The van der Waals surface area contributed by atoms with Crippen LogP contribution >= 0.6 is 11.3 Å². The van der Waals surface area contributed by atoms with E-state index in [0.29, 0.717) is 18.2 Å². The van der Waals surface area contributed by atoms with E-state index in [1.54, 1.807) is 18.3 Å². The zero-order valence-electron chi connectivity index (χ0n) is 12.4. The third kappa shape index (κ3) is 3.07. The number of thiazole rings is 1. The van der Waals surface area contributed by atoms with Crippen LogP contribution in [0.1, 0.15) is 37.2 Å². The van der Waals surface area contributed by atoms with E-state index >= 15 is 0 Å². The van der Waals surface area contributed by atoms with Gasteiger partial charge < -0.3 is 4.74 Å². The lowest BCUT2D eigenvalue weighted by Crippen LogP contribution is -2.23. The predicted octanol–water partition coefficient (Wildman–Crippen LogP) is 2.36. The van der Waals surface area contributed by atoms with Gasteiger partial charge in [0, 0.05) is 22.6 Å². The van der Waals surface area contributed by atoms with E-state index in [4.69, 9.17) is 4.74 Å². The van der Waals surface area contributed by atoms with Crippen molar-refractivity contribution in [1.29, 1.82) is 0 Å². The molecule has 2 aromatic rings. The SMILES string of the molecule is COc1nc(C)cc(=O)n1Cc1nc(C(C)(C)C)cs1. The number of aromatic nitrogens is 3. The van der Waals surface area contributed by atoms with Crippen molar-refractivity contribution in [2.75, 3.05) is 7.11 Å². The molecule has 0 aliphatic carbocycles. The normalized spacial score (nSPS) is 11.7. The van der Waals surface area contributed by atoms with Gasteiger partial charge in [-0.3, -0.25) is 9.36 Å². The Balaban J connectivity index is 2.35. The Bertz CT molecular complexity index is 668. The van der Waals surface area contributed by atoms with E-state index in [0.717, 1.165) is 10.7 Å². The molecule has 2 heterocycles. The quantitative estimate of drug-likeness (QED) is 0.871. The van der Waals surface area contributed by atoms with Gasteiger partial charge in [0.15, 0.2) is 0 Å². The first-order valence-electron chi connectivity index (χ1n) is 6.38. The van der Waals surface area contributed by atoms with E-state index in [-0.39, 0.29) is 11.0 Å². The molecule has 0 unspecified atom stereocenters. The summed E-state index contributed by atoms with van der Waals surface area (Å²) in [5.41, 5.74) is 1.57. The van der Waals surface area contributed by atoms with Crippen LogP contribution in [-0.2, 0) is 12.0 Å². The van der Waals surface area contributed by atoms with Crippen LogP contribution in [0, 0.1) is 6.92 Å². The van der Waals surface area contributed by atoms with Gasteiger partial charge in [-0.25, -0.2) is 9.97 Å². The second-order valence-corrected chi connectivity index (χ2v) is 6.63. The summed E-state index contributed by atoms with van der Waals surface area (Å²) in [5.74, 6) is 0. The van der Waals surface area contributed by atoms with Gasteiger partial charge in [0.1, 0.15) is 5.01 Å². The van der Waals surface area contributed by atoms with Crippen molar-refractivity contribution in [3.63, 3.8) is 0 Å². The monoisotopic (exact) mass is 293 g/mol. The Morgan fingerprint density at radius 3 is 2.60 bits per heavy atom. The van der Waals surface area contributed by atoms with Crippen LogP contribution in [0.2, 0.25) is 0 Å². The highest BCUT2D eigenvalue weighted by atomic mass is 32.1. The summed E-state index contributed by atoms with van der Waals surface area (Å²) in [6.07, 6.45) is 0. The van der Waals surface area contributed by atoms with E-state index in [1.165, 1.54) is 17.7 Å². The molecule has 0 atom stereocenters. The van der Waals surface area contributed by atoms with Crippen LogP contribution in [-0.4, -0.2) is 21.6 Å². The van der Waals surface area contributed by atoms with Gasteiger partial charge in [-0.05, 0) is 6.92 Å². The maximum absolute atomic E-state index is 12.0. The first kappa shape index (κ1) is 14.7. The summed E-state index contributed by atoms with van der Waals surface area (Å²) in [4.78, 5) is 20.9. The van der Waals surface area contributed by atoms with E-state index in [2.05, 4.69) is 30.7 Å². The van der Waals surface area contributed by atoms with Gasteiger partial charge in [-0.2, -0.15) is 0 Å². The number of rotatable bonds is 3. The summed E-state index contributed by atoms with van der Waals surface area (Å²) in [6, 6.07) is 1.82. The van der Waals surface area contributed by atoms with Gasteiger partial charge in [0.05, 0.1) is 19.3 Å². The molecule has 0 fully saturated rings. The third-order valence-corrected chi connectivity index (χ3v) is 3.73. The maximum Gasteiger partial charge on any atom is 0.299 e. The average molecular weight is 293 g/mol. The topological polar surface area (TPSA) is 57.0 Å². The molecule has 0 amide bonds. The van der Waals surface area contributed by atoms with Crippen LogP contribution in [0.4, 0.5) is 0 Å². The van der Waals surface area contributed by atoms with Crippen LogP contribution in [0.15, 0.2) is 16.2 Å². The lowest BCUT2D eigenvalue weighted by molar-refractivity contribution is 0.349. The zero-order valence-corrected chi connectivity index (χ0v) is 13.2. The van der Waals surface area contributed by atoms with Crippen molar-refractivity contribution < 1.29 is 4.74 Å². The fraction of sp³-hybridized carbons (Fsp3) is 0.500. The minimum Gasteiger partial charge on any atom is -0.468 e. The molecule has 2 rings (SSSR count). The Labute approximate surface area is 122 Å². The van der Waals surface area contributed by atoms with Crippen molar-refractivity contribution in [1.82, 2.24) is 14.5 Å². The molecule has 0 N–H and O–H groups in total. The summed E-state index contributed by atoms with van der Waals surface area (Å²) >= 11 is 1.55. The van der Waals surface area contributed by atoms with Crippen LogP contribution in [0.5, 0.6) is 6.01 Å². The van der Waals surface area contributed by atoms with Crippen molar-refractivity contribution in [2.45, 2.75) is 39.7 Å². The Morgan fingerprint density at radius 1 is 1.35 bits per heavy atom. The number of hydrogen-bond donors (Lipinski definition) is 0. The molecule has 108 valence electrons. The average Bonchev–Trinajstić information content (AvgIpc) is 2.80. The molecule has 2 aromatic heterocycles. The lowest BCUT2D eigenvalue weighted by Gasteiger charge is -2.14. The van der Waals surface area contributed by atoms with Crippen LogP contribution in [0.25, 0.3) is 0 Å². The second kappa shape index (κ2) is 5.36. The molecular weight excluding hydrogens is 274 g/mol. The highest BCUT2D eigenvalue weighted by Crippen LogP contribution is 2.24. The van der Waals surface area contributed by atoms with Crippen molar-refractivity contribution in [3.8, 4) is 6.01 Å². The zero-order chi connectivity index (χ0) is 14.9. The molecule has 5 nitrogen and oxygen atoms in total. The van der Waals surface area contributed by atoms with Gasteiger partial charge in [-0.15, -0.1) is 11.3 Å². The summed E-state index contributed by atoms with van der Waals surface area (Å²) in [7, 11) is 1.51. The number of aryl methyl sites for hydroxylation is 1. The van der Waals surface area contributed by atoms with Crippen molar-refractivity contribution in [3.05, 3.63) is 38.2 Å². The summed E-state index contributed by atoms with van der Waals surface area (Å²) in [6.45, 7) is 8.51. The molecular formula is C14H19N3O2S. The van der Waals surface area contributed by atoms with Crippen molar-refractivity contribution in [2.24, 2.45) is 0 Å². The molecule has 0 radical (unpaired) electrons. The fourth-order valence-corrected chi connectivity index (χ4v) is 2.77. The number of hydrogen-bond acceptors (Lipinski definition) is 5. The second-order valence-electron chi connectivity index (χ2n) is 5.69. The highest BCUT2D eigenvalue weighted by molar-refractivity contribution is 7.09. The van der Waals surface area contributed by atoms with Gasteiger partial charge >= 0.3 is 0 Å². The van der Waals surface area contributed by atoms with Crippen LogP contribution in [0.3, 0.4) is 0 Å². The smallest absolute Gasteiger partial charge is 0.299 e. The number of nitrogens with zero attached hydrogens (tertiary/aromatic N) is 3. The standard InChI is InChI=1S/C14H19N3O2S/c1-9-6-12(18)17(13(15-9)19-5)7-11-16-10(8-20-11)14(2,3)4/h6,8H,7H2,1-5H3. The molecule has 0 aliphatic heterocycles. The van der Waals surface area contributed by atoms with E-state index in [9.17, 15) is 4.79 Å². The van der Waals surface area contributed by atoms with E-state index in [1.807, 2.05) is 5.38 Å². The first-order valence-corrected chi connectivity index (χ1v) is 7.26. The molecule has 0 bridgehead atoms. The fourth-order valence-electron chi connectivity index (χ4n) is 1.76. The number of ether oxygens (including phenoxy) is 1. The molecule has 0 saturated heterocycles. The van der Waals surface area contributed by atoms with Gasteiger partial charge in [0.2, 0.25) is 0 Å². The minimum absolute atomic E-state index is 0.00925. The third-order valence-electron chi connectivity index (χ3n) is 2.90. The molecule has 0 aliphatic rings. The minimum atomic E-state index is -0.123. The lowest BCUT2D eigenvalue weighted by atomic mass is 9.93. The Kier molecular flexibility index (Phi) is 3.94.